The van der Waals surface area contributed by atoms with Crippen LogP contribution in [-0.2, 0) is 0 Å². The summed E-state index contributed by atoms with van der Waals surface area (Å²) in [6.45, 7) is 9.11. The van der Waals surface area contributed by atoms with Crippen molar-refractivity contribution < 1.29 is 18.0 Å². The molecule has 2 aliphatic heterocycles. The molecule has 1 fully saturated rings. The van der Waals surface area contributed by atoms with Crippen LogP contribution in [0.15, 0.2) is 54.6 Å². The van der Waals surface area contributed by atoms with Gasteiger partial charge in [0.1, 0.15) is 17.8 Å². The molecule has 2 aliphatic rings. The Morgan fingerprint density at radius 3 is 2.28 bits per heavy atom. The third-order valence-electron chi connectivity index (χ3n) is 6.21. The van der Waals surface area contributed by atoms with Crippen molar-refractivity contribution in [3.8, 4) is 0 Å². The van der Waals surface area contributed by atoms with Gasteiger partial charge in [-0.05, 0) is 42.8 Å². The predicted octanol–water partition coefficient (Wildman–Crippen LogP) is 7.19. The van der Waals surface area contributed by atoms with E-state index in [2.05, 4.69) is 0 Å². The van der Waals surface area contributed by atoms with Crippen molar-refractivity contribution in [3.63, 3.8) is 0 Å². The van der Waals surface area contributed by atoms with E-state index in [1.807, 2.05) is 70.0 Å². The lowest BCUT2D eigenvalue weighted by Gasteiger charge is -2.40. The number of amides is 2. The third-order valence-corrected chi connectivity index (χ3v) is 6.21. The number of alkyl halides is 1. The molecule has 0 N–H and O–H groups in total. The molecule has 3 atom stereocenters. The summed E-state index contributed by atoms with van der Waals surface area (Å²) in [5.41, 5.74) is 1.53. The number of likely N-dealkylation sites (tertiary alicyclic amines) is 1. The molecule has 36 heavy (non-hydrogen) atoms. The zero-order valence-electron chi connectivity index (χ0n) is 21.6. The molecule has 7 heteroatoms. The quantitative estimate of drug-likeness (QED) is 0.441. The van der Waals surface area contributed by atoms with Gasteiger partial charge >= 0.3 is 6.03 Å². The van der Waals surface area contributed by atoms with Gasteiger partial charge in [-0.3, -0.25) is 0 Å². The first-order chi connectivity index (χ1) is 16.8. The molecule has 200 valence electrons. The Hall–Kier alpha value is -2.80. The Bertz CT molecular complexity index is 983. The second-order valence-corrected chi connectivity index (χ2v) is 8.33. The first-order valence-electron chi connectivity index (χ1n) is 12.4. The number of halogens is 3. The number of nitrogens with zero attached hydrogens (tertiary/aromatic N) is 3. The van der Waals surface area contributed by atoms with E-state index in [1.165, 1.54) is 4.90 Å². The Morgan fingerprint density at radius 2 is 1.67 bits per heavy atom. The van der Waals surface area contributed by atoms with Crippen LogP contribution in [0.1, 0.15) is 58.7 Å². The van der Waals surface area contributed by atoms with Crippen LogP contribution in [0.2, 0.25) is 0 Å². The van der Waals surface area contributed by atoms with E-state index in [0.717, 1.165) is 23.8 Å². The summed E-state index contributed by atoms with van der Waals surface area (Å²) in [5, 5.41) is 0. The Kier molecular flexibility index (Phi) is 12.7. The maximum atomic E-state index is 14.7. The van der Waals surface area contributed by atoms with E-state index < -0.39 is 29.9 Å². The van der Waals surface area contributed by atoms with Gasteiger partial charge in [0.25, 0.3) is 0 Å². The fraction of sp³-hybridized carbons (Fsp3) is 0.483. The van der Waals surface area contributed by atoms with Gasteiger partial charge in [0.05, 0.1) is 12.1 Å². The lowest BCUT2D eigenvalue weighted by Crippen LogP contribution is -2.54. The molecule has 0 spiro atoms. The Labute approximate surface area is 215 Å². The van der Waals surface area contributed by atoms with Crippen molar-refractivity contribution in [3.05, 3.63) is 77.4 Å². The molecule has 0 aromatic heterocycles. The van der Waals surface area contributed by atoms with Crippen LogP contribution in [0.5, 0.6) is 0 Å². The predicted molar refractivity (Wildman–Crippen MR) is 144 cm³/mol. The number of piperidine rings is 1. The largest absolute Gasteiger partial charge is 0.322 e. The average Bonchev–Trinajstić information content (AvgIpc) is 3.33. The molecule has 0 aliphatic carbocycles. The van der Waals surface area contributed by atoms with Gasteiger partial charge in [-0.15, -0.1) is 0 Å². The van der Waals surface area contributed by atoms with E-state index >= 15 is 0 Å². The molecule has 4 nitrogen and oxygen atoms in total. The minimum Gasteiger partial charge on any atom is -0.322 e. The Morgan fingerprint density at radius 1 is 1.03 bits per heavy atom. The lowest BCUT2D eigenvalue weighted by atomic mass is 10.0. The highest BCUT2D eigenvalue weighted by molar-refractivity contribution is 5.82. The molecule has 2 aromatic rings. The second-order valence-electron chi connectivity index (χ2n) is 8.33. The van der Waals surface area contributed by atoms with Gasteiger partial charge in [-0.2, -0.15) is 0 Å². The number of carbonyl (C=O) groups excluding carboxylic acids is 1. The number of hydrogen-bond donors (Lipinski definition) is 0. The third kappa shape index (κ3) is 7.12. The fourth-order valence-electron chi connectivity index (χ4n) is 4.47. The van der Waals surface area contributed by atoms with Crippen LogP contribution in [0.4, 0.5) is 18.0 Å². The SMILES string of the molecule is C.CC.CC.CN1CC[C@@H](N(C)C(=O)N2CC(c3cc(F)ccc3F)=C[C@H]2c2ccccc2)C(F)C1. The number of carbonyl (C=O) groups is 1. The van der Waals surface area contributed by atoms with Gasteiger partial charge in [0, 0.05) is 32.2 Å². The van der Waals surface area contributed by atoms with Gasteiger partial charge < -0.3 is 14.7 Å². The van der Waals surface area contributed by atoms with Crippen molar-refractivity contribution >= 4 is 11.6 Å². The molecule has 4 rings (SSSR count). The first-order valence-corrected chi connectivity index (χ1v) is 12.4. The van der Waals surface area contributed by atoms with Crippen molar-refractivity contribution in [2.24, 2.45) is 0 Å². The highest BCUT2D eigenvalue weighted by atomic mass is 19.1. The van der Waals surface area contributed by atoms with Crippen LogP contribution in [0, 0.1) is 11.6 Å². The zero-order valence-corrected chi connectivity index (χ0v) is 21.6. The van der Waals surface area contributed by atoms with Crippen LogP contribution in [-0.4, -0.2) is 66.7 Å². The topological polar surface area (TPSA) is 26.8 Å². The first kappa shape index (κ1) is 31.2. The minimum absolute atomic E-state index is 0. The highest BCUT2D eigenvalue weighted by Crippen LogP contribution is 2.37. The Balaban J connectivity index is 0.00000123. The summed E-state index contributed by atoms with van der Waals surface area (Å²) in [7, 11) is 3.48. The van der Waals surface area contributed by atoms with Crippen LogP contribution >= 0.6 is 0 Å². The normalized spacial score (nSPS) is 21.2. The number of hydrogen-bond acceptors (Lipinski definition) is 2. The summed E-state index contributed by atoms with van der Waals surface area (Å²) in [6.07, 6.45) is 1.20. The molecule has 0 bridgehead atoms. The second kappa shape index (κ2) is 14.7. The van der Waals surface area contributed by atoms with Crippen molar-refractivity contribution in [2.45, 2.75) is 59.8 Å². The van der Waals surface area contributed by atoms with Crippen molar-refractivity contribution in [2.75, 3.05) is 33.7 Å². The van der Waals surface area contributed by atoms with Crippen molar-refractivity contribution in [1.82, 2.24) is 14.7 Å². The average molecular weight is 506 g/mol. The minimum atomic E-state index is -1.14. The van der Waals surface area contributed by atoms with Crippen LogP contribution < -0.4 is 0 Å². The summed E-state index contributed by atoms with van der Waals surface area (Å²) < 4.78 is 42.9. The van der Waals surface area contributed by atoms with Crippen molar-refractivity contribution in [1.29, 1.82) is 0 Å². The zero-order chi connectivity index (χ0) is 26.1. The van der Waals surface area contributed by atoms with E-state index in [0.29, 0.717) is 18.5 Å². The molecular formula is C29H42F3N3O. The van der Waals surface area contributed by atoms with E-state index in [4.69, 9.17) is 0 Å². The van der Waals surface area contributed by atoms with Gasteiger partial charge in [-0.25, -0.2) is 18.0 Å². The monoisotopic (exact) mass is 505 g/mol. The summed E-state index contributed by atoms with van der Waals surface area (Å²) in [5.74, 6) is -1.08. The number of rotatable bonds is 3. The molecule has 1 saturated heterocycles. The van der Waals surface area contributed by atoms with E-state index in [-0.39, 0.29) is 32.1 Å². The van der Waals surface area contributed by atoms with Gasteiger partial charge in [0.2, 0.25) is 0 Å². The maximum Gasteiger partial charge on any atom is 0.321 e. The summed E-state index contributed by atoms with van der Waals surface area (Å²) in [4.78, 5) is 18.4. The molecular weight excluding hydrogens is 463 g/mol. The highest BCUT2D eigenvalue weighted by Gasteiger charge is 2.38. The molecule has 0 saturated carbocycles. The standard InChI is InChI=1S/C24H26F3N3O.2C2H6.CH4/c1-28-11-10-22(21(27)15-28)29(2)24(31)30-14-17(19-13-18(25)8-9-20(19)26)12-23(30)16-6-4-3-5-7-16;2*1-2;/h3-9,12-13,21-23H,10-11,14-15H2,1-2H3;2*1-2H3;1H4/t21?,22-,23+;;;/m1.../s1. The summed E-state index contributed by atoms with van der Waals surface area (Å²) >= 11 is 0. The number of benzene rings is 2. The maximum absolute atomic E-state index is 14.7. The molecule has 2 aromatic carbocycles. The smallest absolute Gasteiger partial charge is 0.321 e. The fourth-order valence-corrected chi connectivity index (χ4v) is 4.47. The van der Waals surface area contributed by atoms with Gasteiger partial charge in [0.15, 0.2) is 0 Å². The van der Waals surface area contributed by atoms with E-state index in [9.17, 15) is 18.0 Å². The summed E-state index contributed by atoms with van der Waals surface area (Å²) in [6, 6.07) is 11.4. The van der Waals surface area contributed by atoms with E-state index in [1.54, 1.807) is 18.0 Å². The lowest BCUT2D eigenvalue weighted by molar-refractivity contribution is 0.0601. The van der Waals surface area contributed by atoms with Gasteiger partial charge in [-0.1, -0.05) is 71.5 Å². The van der Waals surface area contributed by atoms with Crippen LogP contribution in [0.3, 0.4) is 0 Å². The molecule has 0 radical (unpaired) electrons. The van der Waals surface area contributed by atoms with Crippen LogP contribution in [0.25, 0.3) is 5.57 Å². The molecule has 2 amide bonds. The molecule has 1 unspecified atom stereocenters. The number of urea groups is 1. The molecule has 2 heterocycles.